The van der Waals surface area contributed by atoms with E-state index in [0.717, 1.165) is 38.5 Å². The standard InChI is InChI=1S/C21H38O4/c1-4-7-9-11-13-15-17-19(22)24-21(6-3)25-20(23)18-16-14-12-10-8-5-2/h6H,4-5,7-18H2,1-3H3. The molecule has 0 aromatic rings. The molecule has 0 aliphatic heterocycles. The lowest BCUT2D eigenvalue weighted by atomic mass is 10.1. The zero-order chi connectivity index (χ0) is 18.8. The molecular formula is C21H38O4. The minimum absolute atomic E-state index is 0.0203. The van der Waals surface area contributed by atoms with Gasteiger partial charge in [0.15, 0.2) is 0 Å². The first-order valence-electron chi connectivity index (χ1n) is 10.2. The van der Waals surface area contributed by atoms with Crippen molar-refractivity contribution >= 4 is 11.9 Å². The summed E-state index contributed by atoms with van der Waals surface area (Å²) >= 11 is 0. The second kappa shape index (κ2) is 17.5. The number of ether oxygens (including phenoxy) is 2. The highest BCUT2D eigenvalue weighted by Gasteiger charge is 2.12. The van der Waals surface area contributed by atoms with Gasteiger partial charge in [-0.15, -0.1) is 0 Å². The van der Waals surface area contributed by atoms with Crippen LogP contribution in [0.5, 0.6) is 0 Å². The molecule has 0 amide bonds. The quantitative estimate of drug-likeness (QED) is 0.182. The summed E-state index contributed by atoms with van der Waals surface area (Å²) < 4.78 is 10.3. The zero-order valence-electron chi connectivity index (χ0n) is 16.6. The SMILES string of the molecule is CC=C(OC(=O)CCCCCCCC)OC(=O)CCCCCCCC. The third-order valence-electron chi connectivity index (χ3n) is 4.13. The lowest BCUT2D eigenvalue weighted by molar-refractivity contribution is -0.154. The number of rotatable bonds is 16. The van der Waals surface area contributed by atoms with Crippen molar-refractivity contribution in [1.29, 1.82) is 0 Å². The van der Waals surface area contributed by atoms with Gasteiger partial charge in [-0.05, 0) is 25.8 Å². The van der Waals surface area contributed by atoms with Crippen molar-refractivity contribution in [1.82, 2.24) is 0 Å². The number of allylic oxidation sites excluding steroid dienone is 1. The van der Waals surface area contributed by atoms with Gasteiger partial charge in [0.2, 0.25) is 0 Å². The first-order chi connectivity index (χ1) is 12.1. The first-order valence-corrected chi connectivity index (χ1v) is 10.2. The number of esters is 2. The molecule has 0 aliphatic rings. The fraction of sp³-hybridized carbons (Fsp3) is 0.810. The number of hydrogen-bond donors (Lipinski definition) is 0. The lowest BCUT2D eigenvalue weighted by Gasteiger charge is -2.09. The highest BCUT2D eigenvalue weighted by atomic mass is 16.7. The summed E-state index contributed by atoms with van der Waals surface area (Å²) in [4.78, 5) is 23.6. The highest BCUT2D eigenvalue weighted by molar-refractivity contribution is 5.73. The molecule has 0 atom stereocenters. The Morgan fingerprint density at radius 3 is 1.36 bits per heavy atom. The predicted octanol–water partition coefficient (Wildman–Crippen LogP) is 6.44. The fourth-order valence-electron chi connectivity index (χ4n) is 2.56. The Hall–Kier alpha value is -1.32. The summed E-state index contributed by atoms with van der Waals surface area (Å²) in [5, 5.41) is 0. The molecule has 0 fully saturated rings. The monoisotopic (exact) mass is 354 g/mol. The molecule has 0 heterocycles. The molecule has 0 saturated heterocycles. The summed E-state index contributed by atoms with van der Waals surface area (Å²) in [6.45, 7) is 6.07. The van der Waals surface area contributed by atoms with Crippen molar-refractivity contribution in [2.45, 2.75) is 111 Å². The molecule has 146 valence electrons. The Morgan fingerprint density at radius 1 is 0.640 bits per heavy atom. The van der Waals surface area contributed by atoms with Gasteiger partial charge in [-0.1, -0.05) is 78.1 Å². The van der Waals surface area contributed by atoms with Crippen LogP contribution in [0.25, 0.3) is 0 Å². The van der Waals surface area contributed by atoms with Crippen molar-refractivity contribution in [3.8, 4) is 0 Å². The molecule has 0 rings (SSSR count). The van der Waals surface area contributed by atoms with Crippen LogP contribution in [0.15, 0.2) is 12.0 Å². The van der Waals surface area contributed by atoms with Crippen LogP contribution in [-0.2, 0) is 19.1 Å². The van der Waals surface area contributed by atoms with E-state index in [4.69, 9.17) is 9.47 Å². The third-order valence-corrected chi connectivity index (χ3v) is 4.13. The van der Waals surface area contributed by atoms with Gasteiger partial charge in [-0.2, -0.15) is 0 Å². The topological polar surface area (TPSA) is 52.6 Å². The molecule has 25 heavy (non-hydrogen) atoms. The molecule has 4 nitrogen and oxygen atoms in total. The van der Waals surface area contributed by atoms with E-state index >= 15 is 0 Å². The van der Waals surface area contributed by atoms with Crippen LogP contribution in [0, 0.1) is 0 Å². The average Bonchev–Trinajstić information content (AvgIpc) is 2.60. The molecule has 0 bridgehead atoms. The van der Waals surface area contributed by atoms with Crippen molar-refractivity contribution < 1.29 is 19.1 Å². The molecule has 4 heteroatoms. The molecule has 0 aromatic heterocycles. The first kappa shape index (κ1) is 23.7. The van der Waals surface area contributed by atoms with Crippen LogP contribution in [0.2, 0.25) is 0 Å². The maximum atomic E-state index is 11.8. The highest BCUT2D eigenvalue weighted by Crippen LogP contribution is 2.12. The van der Waals surface area contributed by atoms with Gasteiger partial charge in [0, 0.05) is 12.8 Å². The molecule has 0 N–H and O–H groups in total. The second-order valence-electron chi connectivity index (χ2n) is 6.59. The maximum Gasteiger partial charge on any atom is 0.313 e. The van der Waals surface area contributed by atoms with E-state index in [-0.39, 0.29) is 17.9 Å². The summed E-state index contributed by atoms with van der Waals surface area (Å²) in [5.41, 5.74) is 0. The second-order valence-corrected chi connectivity index (χ2v) is 6.59. The molecule has 0 radical (unpaired) electrons. The van der Waals surface area contributed by atoms with E-state index in [2.05, 4.69) is 13.8 Å². The molecule has 0 saturated carbocycles. The van der Waals surface area contributed by atoms with Crippen molar-refractivity contribution in [3.63, 3.8) is 0 Å². The van der Waals surface area contributed by atoms with Crippen LogP contribution < -0.4 is 0 Å². The summed E-state index contributed by atoms with van der Waals surface area (Å²) in [6, 6.07) is 0. The Bertz CT molecular complexity index is 342. The van der Waals surface area contributed by atoms with Crippen LogP contribution in [0.1, 0.15) is 111 Å². The van der Waals surface area contributed by atoms with Crippen molar-refractivity contribution in [2.24, 2.45) is 0 Å². The third kappa shape index (κ3) is 15.9. The van der Waals surface area contributed by atoms with E-state index < -0.39 is 0 Å². The van der Waals surface area contributed by atoms with E-state index in [9.17, 15) is 9.59 Å². The van der Waals surface area contributed by atoms with Crippen LogP contribution in [0.3, 0.4) is 0 Å². The minimum Gasteiger partial charge on any atom is -0.393 e. The number of hydrogen-bond acceptors (Lipinski definition) is 4. The summed E-state index contributed by atoms with van der Waals surface area (Å²) in [7, 11) is 0. The zero-order valence-corrected chi connectivity index (χ0v) is 16.6. The number of carbonyl (C=O) groups excluding carboxylic acids is 2. The maximum absolute atomic E-state index is 11.8. The van der Waals surface area contributed by atoms with E-state index in [0.29, 0.717) is 12.8 Å². The van der Waals surface area contributed by atoms with Gasteiger partial charge < -0.3 is 9.47 Å². The lowest BCUT2D eigenvalue weighted by Crippen LogP contribution is -2.11. The van der Waals surface area contributed by atoms with E-state index in [1.165, 1.54) is 44.6 Å². The Balaban J connectivity index is 3.78. The van der Waals surface area contributed by atoms with Crippen LogP contribution >= 0.6 is 0 Å². The molecule has 0 spiro atoms. The predicted molar refractivity (Wildman–Crippen MR) is 102 cm³/mol. The molecule has 0 aliphatic carbocycles. The molecular weight excluding hydrogens is 316 g/mol. The molecule has 0 unspecified atom stereocenters. The number of carbonyl (C=O) groups is 2. The van der Waals surface area contributed by atoms with Gasteiger partial charge in [0.1, 0.15) is 0 Å². The minimum atomic E-state index is -0.323. The fourth-order valence-corrected chi connectivity index (χ4v) is 2.56. The van der Waals surface area contributed by atoms with Gasteiger partial charge in [0.25, 0.3) is 5.95 Å². The Morgan fingerprint density at radius 2 is 1.00 bits per heavy atom. The van der Waals surface area contributed by atoms with Gasteiger partial charge in [0.05, 0.1) is 0 Å². The van der Waals surface area contributed by atoms with Crippen molar-refractivity contribution in [2.75, 3.05) is 0 Å². The van der Waals surface area contributed by atoms with E-state index in [1.54, 1.807) is 6.92 Å². The summed E-state index contributed by atoms with van der Waals surface area (Å²) in [5.74, 6) is -0.626. The Labute approximate surface area is 154 Å². The molecule has 0 aromatic carbocycles. The van der Waals surface area contributed by atoms with E-state index in [1.807, 2.05) is 0 Å². The smallest absolute Gasteiger partial charge is 0.313 e. The van der Waals surface area contributed by atoms with Crippen molar-refractivity contribution in [3.05, 3.63) is 12.0 Å². The van der Waals surface area contributed by atoms with Gasteiger partial charge in [-0.25, -0.2) is 0 Å². The average molecular weight is 355 g/mol. The van der Waals surface area contributed by atoms with Gasteiger partial charge >= 0.3 is 11.9 Å². The number of unbranched alkanes of at least 4 members (excludes halogenated alkanes) is 10. The Kier molecular flexibility index (Phi) is 16.6. The van der Waals surface area contributed by atoms with Gasteiger partial charge in [-0.3, -0.25) is 9.59 Å². The summed E-state index contributed by atoms with van der Waals surface area (Å²) in [6.07, 6.45) is 15.7. The normalized spacial score (nSPS) is 10.4. The largest absolute Gasteiger partial charge is 0.393 e. The van der Waals surface area contributed by atoms with Crippen LogP contribution in [-0.4, -0.2) is 11.9 Å². The van der Waals surface area contributed by atoms with Crippen LogP contribution in [0.4, 0.5) is 0 Å².